The molecule has 17 heavy (non-hydrogen) atoms. The Bertz CT molecular complexity index is 424. The van der Waals surface area contributed by atoms with Gasteiger partial charge < -0.3 is 4.90 Å². The highest BCUT2D eigenvalue weighted by Gasteiger charge is 2.20. The van der Waals surface area contributed by atoms with Gasteiger partial charge in [0.15, 0.2) is 11.6 Å². The first kappa shape index (κ1) is 12.4. The third kappa shape index (κ3) is 2.60. The topological polar surface area (TPSA) is 3.24 Å². The van der Waals surface area contributed by atoms with Gasteiger partial charge in [-0.15, -0.1) is 0 Å². The minimum Gasteiger partial charge on any atom is -0.366 e. The van der Waals surface area contributed by atoms with Crippen molar-refractivity contribution in [3.8, 4) is 0 Å². The average Bonchev–Trinajstić information content (AvgIpc) is 2.28. The molecule has 0 spiro atoms. The quantitative estimate of drug-likeness (QED) is 0.683. The Morgan fingerprint density at radius 2 is 1.71 bits per heavy atom. The lowest BCUT2D eigenvalue weighted by Gasteiger charge is -2.30. The number of hydrogen-bond donors (Lipinski definition) is 0. The molecular formula is C13H14ClF2N. The molecule has 1 saturated heterocycles. The van der Waals surface area contributed by atoms with Crippen molar-refractivity contribution in [1.82, 2.24) is 0 Å². The van der Waals surface area contributed by atoms with E-state index >= 15 is 0 Å². The van der Waals surface area contributed by atoms with Crippen molar-refractivity contribution < 1.29 is 8.78 Å². The molecule has 2 rings (SSSR count). The highest BCUT2D eigenvalue weighted by molar-refractivity contribution is 6.30. The molecule has 1 heterocycles. The zero-order chi connectivity index (χ0) is 12.4. The molecular weight excluding hydrogens is 244 g/mol. The number of nitrogens with zero attached hydrogens (tertiary/aromatic N) is 1. The van der Waals surface area contributed by atoms with Gasteiger partial charge >= 0.3 is 0 Å². The maximum absolute atomic E-state index is 13.7. The second kappa shape index (κ2) is 5.05. The van der Waals surface area contributed by atoms with Gasteiger partial charge in [-0.2, -0.15) is 0 Å². The molecule has 1 aliphatic rings. The lowest BCUT2D eigenvalue weighted by Crippen LogP contribution is -2.32. The Hall–Kier alpha value is -1.09. The first-order valence-corrected chi connectivity index (χ1v) is 6.03. The van der Waals surface area contributed by atoms with Crippen molar-refractivity contribution in [2.45, 2.75) is 19.8 Å². The Morgan fingerprint density at radius 3 is 2.18 bits per heavy atom. The van der Waals surface area contributed by atoms with E-state index in [9.17, 15) is 8.78 Å². The zero-order valence-electron chi connectivity index (χ0n) is 9.64. The number of hydrogen-bond acceptors (Lipinski definition) is 1. The van der Waals surface area contributed by atoms with Crippen LogP contribution >= 0.6 is 11.6 Å². The normalized spacial score (nSPS) is 16.2. The Morgan fingerprint density at radius 1 is 1.18 bits per heavy atom. The maximum atomic E-state index is 13.7. The predicted molar refractivity (Wildman–Crippen MR) is 66.6 cm³/mol. The highest BCUT2D eigenvalue weighted by Crippen LogP contribution is 2.30. The van der Waals surface area contributed by atoms with Gasteiger partial charge in [-0.3, -0.25) is 0 Å². The third-order valence-electron chi connectivity index (χ3n) is 3.11. The van der Waals surface area contributed by atoms with Crippen LogP contribution in [0.1, 0.15) is 19.8 Å². The summed E-state index contributed by atoms with van der Waals surface area (Å²) in [7, 11) is 0. The van der Waals surface area contributed by atoms with Gasteiger partial charge in [0.1, 0.15) is 5.69 Å². The van der Waals surface area contributed by atoms with E-state index < -0.39 is 11.6 Å². The van der Waals surface area contributed by atoms with Crippen molar-refractivity contribution in [2.24, 2.45) is 0 Å². The van der Waals surface area contributed by atoms with E-state index in [1.54, 1.807) is 4.90 Å². The van der Waals surface area contributed by atoms with E-state index in [-0.39, 0.29) is 10.7 Å². The number of halogens is 3. The van der Waals surface area contributed by atoms with Gasteiger partial charge in [0.25, 0.3) is 0 Å². The summed E-state index contributed by atoms with van der Waals surface area (Å²) in [5, 5.41) is 0.0925. The Labute approximate surface area is 105 Å². The summed E-state index contributed by atoms with van der Waals surface area (Å²) >= 11 is 5.60. The Balaban J connectivity index is 2.24. The minimum atomic E-state index is -0.584. The molecule has 0 atom stereocenters. The summed E-state index contributed by atoms with van der Waals surface area (Å²) in [4.78, 5) is 1.74. The van der Waals surface area contributed by atoms with Crippen molar-refractivity contribution in [1.29, 1.82) is 0 Å². The van der Waals surface area contributed by atoms with Crippen LogP contribution in [0.15, 0.2) is 23.8 Å². The smallest absolute Gasteiger partial charge is 0.150 e. The molecule has 0 bridgehead atoms. The third-order valence-corrected chi connectivity index (χ3v) is 3.33. The standard InChI is InChI=1S/C13H14ClF2N/c1-2-9-3-5-17(6-4-9)13-11(15)7-10(14)8-12(13)16/h2,7-8H,3-6H2,1H3. The van der Waals surface area contributed by atoms with Crippen LogP contribution in [-0.2, 0) is 0 Å². The van der Waals surface area contributed by atoms with Crippen LogP contribution in [0.5, 0.6) is 0 Å². The van der Waals surface area contributed by atoms with Crippen LogP contribution in [0.3, 0.4) is 0 Å². The molecule has 0 saturated carbocycles. The van der Waals surface area contributed by atoms with E-state index in [1.807, 2.05) is 6.92 Å². The van der Waals surface area contributed by atoms with Gasteiger partial charge in [-0.05, 0) is 31.9 Å². The summed E-state index contributed by atoms with van der Waals surface area (Å²) in [6.45, 7) is 3.29. The highest BCUT2D eigenvalue weighted by atomic mass is 35.5. The maximum Gasteiger partial charge on any atom is 0.150 e. The predicted octanol–water partition coefficient (Wildman–Crippen LogP) is 4.16. The summed E-state index contributed by atoms with van der Waals surface area (Å²) in [5.74, 6) is -1.17. The van der Waals surface area contributed by atoms with Crippen LogP contribution in [0.4, 0.5) is 14.5 Å². The molecule has 1 aromatic carbocycles. The molecule has 0 radical (unpaired) electrons. The van der Waals surface area contributed by atoms with Gasteiger partial charge in [0.05, 0.1) is 0 Å². The lowest BCUT2D eigenvalue weighted by molar-refractivity contribution is 0.560. The second-order valence-electron chi connectivity index (χ2n) is 4.15. The monoisotopic (exact) mass is 257 g/mol. The van der Waals surface area contributed by atoms with Gasteiger partial charge in [-0.25, -0.2) is 8.78 Å². The number of rotatable bonds is 1. The first-order chi connectivity index (χ1) is 8.11. The molecule has 0 aliphatic carbocycles. The van der Waals surface area contributed by atoms with Crippen molar-refractivity contribution >= 4 is 17.3 Å². The summed E-state index contributed by atoms with van der Waals surface area (Å²) in [6, 6.07) is 2.32. The number of allylic oxidation sites excluding steroid dienone is 1. The van der Waals surface area contributed by atoms with E-state index in [0.29, 0.717) is 13.1 Å². The first-order valence-electron chi connectivity index (χ1n) is 5.65. The van der Waals surface area contributed by atoms with E-state index in [0.717, 1.165) is 25.0 Å². The zero-order valence-corrected chi connectivity index (χ0v) is 10.4. The molecule has 0 N–H and O–H groups in total. The summed E-state index contributed by atoms with van der Waals surface area (Å²) in [5.41, 5.74) is 1.39. The van der Waals surface area contributed by atoms with Crippen LogP contribution in [0.25, 0.3) is 0 Å². The SMILES string of the molecule is CC=C1CCN(c2c(F)cc(Cl)cc2F)CC1. The molecule has 1 aliphatic heterocycles. The molecule has 0 aromatic heterocycles. The summed E-state index contributed by atoms with van der Waals surface area (Å²) in [6.07, 6.45) is 3.79. The fourth-order valence-electron chi connectivity index (χ4n) is 2.14. The van der Waals surface area contributed by atoms with Crippen molar-refractivity contribution in [3.63, 3.8) is 0 Å². The number of piperidine rings is 1. The van der Waals surface area contributed by atoms with Crippen LogP contribution in [0, 0.1) is 11.6 Å². The van der Waals surface area contributed by atoms with Gasteiger partial charge in [-0.1, -0.05) is 23.3 Å². The summed E-state index contributed by atoms with van der Waals surface area (Å²) < 4.78 is 27.4. The molecule has 1 aromatic rings. The van der Waals surface area contributed by atoms with Gasteiger partial charge in [0, 0.05) is 18.1 Å². The van der Waals surface area contributed by atoms with Crippen molar-refractivity contribution in [2.75, 3.05) is 18.0 Å². The fourth-order valence-corrected chi connectivity index (χ4v) is 2.33. The molecule has 4 heteroatoms. The van der Waals surface area contributed by atoms with Crippen molar-refractivity contribution in [3.05, 3.63) is 40.4 Å². The fraction of sp³-hybridized carbons (Fsp3) is 0.385. The van der Waals surface area contributed by atoms with E-state index in [1.165, 1.54) is 5.57 Å². The molecule has 92 valence electrons. The molecule has 1 fully saturated rings. The van der Waals surface area contributed by atoms with Gasteiger partial charge in [0.2, 0.25) is 0 Å². The molecule has 0 amide bonds. The van der Waals surface area contributed by atoms with Crippen LogP contribution < -0.4 is 4.90 Å². The van der Waals surface area contributed by atoms with Crippen LogP contribution in [0.2, 0.25) is 5.02 Å². The number of benzene rings is 1. The minimum absolute atomic E-state index is 0.0459. The Kier molecular flexibility index (Phi) is 3.67. The average molecular weight is 258 g/mol. The molecule has 0 unspecified atom stereocenters. The largest absolute Gasteiger partial charge is 0.366 e. The van der Waals surface area contributed by atoms with E-state index in [4.69, 9.17) is 11.6 Å². The van der Waals surface area contributed by atoms with E-state index in [2.05, 4.69) is 6.08 Å². The second-order valence-corrected chi connectivity index (χ2v) is 4.59. The molecule has 1 nitrogen and oxygen atoms in total. The number of anilines is 1. The lowest BCUT2D eigenvalue weighted by atomic mass is 10.0. The van der Waals surface area contributed by atoms with Crippen LogP contribution in [-0.4, -0.2) is 13.1 Å².